The van der Waals surface area contributed by atoms with Crippen molar-refractivity contribution in [2.75, 3.05) is 10.6 Å². The highest BCUT2D eigenvalue weighted by molar-refractivity contribution is 6.12. The van der Waals surface area contributed by atoms with Gasteiger partial charge < -0.3 is 10.6 Å². The number of hydrogen-bond donors (Lipinski definition) is 2. The van der Waals surface area contributed by atoms with E-state index in [1.807, 2.05) is 0 Å². The molecule has 0 saturated heterocycles. The Hall–Kier alpha value is -4.00. The molecule has 0 aliphatic carbocycles. The third kappa shape index (κ3) is 4.35. The van der Waals surface area contributed by atoms with Gasteiger partial charge in [0.1, 0.15) is 0 Å². The molecule has 7 nitrogen and oxygen atoms in total. The van der Waals surface area contributed by atoms with Crippen molar-refractivity contribution in [2.45, 2.75) is 0 Å². The Morgan fingerprint density at radius 2 is 1.48 bits per heavy atom. The SMILES string of the molecule is O=C(Nc1ccccc1C(=O)Nc1cccc([N+](=O)[O-])c1)c1ccccc1. The van der Waals surface area contributed by atoms with E-state index in [4.69, 9.17) is 0 Å². The molecule has 2 N–H and O–H groups in total. The molecule has 0 saturated carbocycles. The molecular weight excluding hydrogens is 346 g/mol. The van der Waals surface area contributed by atoms with Gasteiger partial charge in [-0.25, -0.2) is 0 Å². The fraction of sp³-hybridized carbons (Fsp3) is 0. The fourth-order valence-corrected chi connectivity index (χ4v) is 2.47. The van der Waals surface area contributed by atoms with Gasteiger partial charge in [0.05, 0.1) is 16.2 Å². The van der Waals surface area contributed by atoms with Crippen LogP contribution in [0, 0.1) is 10.1 Å². The van der Waals surface area contributed by atoms with E-state index in [1.54, 1.807) is 60.7 Å². The van der Waals surface area contributed by atoms with Gasteiger partial charge in [0.2, 0.25) is 0 Å². The zero-order valence-electron chi connectivity index (χ0n) is 14.1. The number of nitro groups is 1. The molecule has 3 rings (SSSR count). The van der Waals surface area contributed by atoms with Crippen molar-refractivity contribution < 1.29 is 14.5 Å². The van der Waals surface area contributed by atoms with Gasteiger partial charge in [-0.1, -0.05) is 36.4 Å². The number of para-hydroxylation sites is 1. The lowest BCUT2D eigenvalue weighted by Gasteiger charge is -2.11. The number of benzene rings is 3. The Morgan fingerprint density at radius 3 is 2.22 bits per heavy atom. The molecule has 134 valence electrons. The van der Waals surface area contributed by atoms with E-state index in [9.17, 15) is 19.7 Å². The van der Waals surface area contributed by atoms with E-state index in [1.165, 1.54) is 18.2 Å². The summed E-state index contributed by atoms with van der Waals surface area (Å²) in [6, 6.07) is 20.8. The molecule has 7 heteroatoms. The third-order valence-corrected chi connectivity index (χ3v) is 3.77. The molecular formula is C20H15N3O4. The molecule has 3 aromatic carbocycles. The van der Waals surface area contributed by atoms with E-state index in [2.05, 4.69) is 10.6 Å². The van der Waals surface area contributed by atoms with Crippen LogP contribution in [0.25, 0.3) is 0 Å². The number of nitro benzene ring substituents is 1. The second kappa shape index (κ2) is 7.92. The predicted molar refractivity (Wildman–Crippen MR) is 102 cm³/mol. The Morgan fingerprint density at radius 1 is 0.778 bits per heavy atom. The lowest BCUT2D eigenvalue weighted by Crippen LogP contribution is -2.18. The summed E-state index contributed by atoms with van der Waals surface area (Å²) in [4.78, 5) is 35.3. The van der Waals surface area contributed by atoms with Crippen molar-refractivity contribution in [1.29, 1.82) is 0 Å². The average molecular weight is 361 g/mol. The van der Waals surface area contributed by atoms with Crippen molar-refractivity contribution in [3.05, 3.63) is 100 Å². The number of nitrogens with one attached hydrogen (secondary N) is 2. The van der Waals surface area contributed by atoms with Gasteiger partial charge in [-0.2, -0.15) is 0 Å². The smallest absolute Gasteiger partial charge is 0.271 e. The monoisotopic (exact) mass is 361 g/mol. The summed E-state index contributed by atoms with van der Waals surface area (Å²) in [7, 11) is 0. The molecule has 2 amide bonds. The van der Waals surface area contributed by atoms with Crippen LogP contribution in [-0.4, -0.2) is 16.7 Å². The Labute approximate surface area is 154 Å². The highest BCUT2D eigenvalue weighted by Crippen LogP contribution is 2.21. The van der Waals surface area contributed by atoms with Gasteiger partial charge in [-0.05, 0) is 30.3 Å². The highest BCUT2D eigenvalue weighted by Gasteiger charge is 2.15. The summed E-state index contributed by atoms with van der Waals surface area (Å²) in [6.45, 7) is 0. The normalized spacial score (nSPS) is 10.1. The summed E-state index contributed by atoms with van der Waals surface area (Å²) in [6.07, 6.45) is 0. The first-order valence-corrected chi connectivity index (χ1v) is 8.06. The quantitative estimate of drug-likeness (QED) is 0.527. The molecule has 0 spiro atoms. The molecule has 0 aliphatic rings. The number of anilines is 2. The van der Waals surface area contributed by atoms with Crippen LogP contribution in [0.1, 0.15) is 20.7 Å². The van der Waals surface area contributed by atoms with Crippen LogP contribution < -0.4 is 10.6 Å². The zero-order chi connectivity index (χ0) is 19.2. The first-order valence-electron chi connectivity index (χ1n) is 8.06. The van der Waals surface area contributed by atoms with Gasteiger partial charge in [0.15, 0.2) is 0 Å². The number of amides is 2. The van der Waals surface area contributed by atoms with Crippen LogP contribution in [0.3, 0.4) is 0 Å². The molecule has 3 aromatic rings. The van der Waals surface area contributed by atoms with Crippen LogP contribution in [0.15, 0.2) is 78.9 Å². The van der Waals surface area contributed by atoms with Crippen LogP contribution >= 0.6 is 0 Å². The van der Waals surface area contributed by atoms with Crippen LogP contribution in [0.5, 0.6) is 0 Å². The molecule has 0 unspecified atom stereocenters. The summed E-state index contributed by atoms with van der Waals surface area (Å²) in [5.41, 5.74) is 1.21. The first kappa shape index (κ1) is 17.8. The maximum absolute atomic E-state index is 12.6. The molecule has 0 radical (unpaired) electrons. The van der Waals surface area contributed by atoms with Crippen molar-refractivity contribution in [2.24, 2.45) is 0 Å². The molecule has 0 bridgehead atoms. The summed E-state index contributed by atoms with van der Waals surface area (Å²) < 4.78 is 0. The Balaban J connectivity index is 1.81. The van der Waals surface area contributed by atoms with Gasteiger partial charge >= 0.3 is 0 Å². The van der Waals surface area contributed by atoms with Crippen molar-refractivity contribution in [3.8, 4) is 0 Å². The third-order valence-electron chi connectivity index (χ3n) is 3.77. The van der Waals surface area contributed by atoms with Gasteiger partial charge in [0.25, 0.3) is 17.5 Å². The molecule has 27 heavy (non-hydrogen) atoms. The maximum Gasteiger partial charge on any atom is 0.271 e. The van der Waals surface area contributed by atoms with E-state index in [0.29, 0.717) is 16.9 Å². The summed E-state index contributed by atoms with van der Waals surface area (Å²) in [5.74, 6) is -0.828. The minimum atomic E-state index is -0.538. The second-order valence-corrected chi connectivity index (χ2v) is 5.63. The number of hydrogen-bond acceptors (Lipinski definition) is 4. The van der Waals surface area contributed by atoms with Crippen molar-refractivity contribution in [1.82, 2.24) is 0 Å². The van der Waals surface area contributed by atoms with Crippen molar-refractivity contribution in [3.63, 3.8) is 0 Å². The maximum atomic E-state index is 12.6. The lowest BCUT2D eigenvalue weighted by atomic mass is 10.1. The topological polar surface area (TPSA) is 101 Å². The van der Waals surface area contributed by atoms with E-state index < -0.39 is 10.8 Å². The van der Waals surface area contributed by atoms with Gasteiger partial charge in [-0.15, -0.1) is 0 Å². The van der Waals surface area contributed by atoms with Gasteiger partial charge in [-0.3, -0.25) is 19.7 Å². The predicted octanol–water partition coefficient (Wildman–Crippen LogP) is 4.10. The molecule has 0 atom stereocenters. The first-order chi connectivity index (χ1) is 13.0. The average Bonchev–Trinajstić information content (AvgIpc) is 2.69. The largest absolute Gasteiger partial charge is 0.322 e. The summed E-state index contributed by atoms with van der Waals surface area (Å²) in [5, 5.41) is 16.2. The Kier molecular flexibility index (Phi) is 5.22. The minimum absolute atomic E-state index is 0.126. The number of rotatable bonds is 5. The number of nitrogens with zero attached hydrogens (tertiary/aromatic N) is 1. The van der Waals surface area contributed by atoms with E-state index in [-0.39, 0.29) is 17.2 Å². The van der Waals surface area contributed by atoms with Crippen molar-refractivity contribution >= 4 is 28.9 Å². The molecule has 0 heterocycles. The second-order valence-electron chi connectivity index (χ2n) is 5.63. The Bertz CT molecular complexity index is 1000. The number of carbonyl (C=O) groups is 2. The van der Waals surface area contributed by atoms with E-state index >= 15 is 0 Å². The number of non-ortho nitro benzene ring substituents is 1. The van der Waals surface area contributed by atoms with Crippen LogP contribution in [0.2, 0.25) is 0 Å². The lowest BCUT2D eigenvalue weighted by molar-refractivity contribution is -0.384. The minimum Gasteiger partial charge on any atom is -0.322 e. The standard InChI is InChI=1S/C20H15N3O4/c24-19(14-7-2-1-3-8-14)22-18-12-5-4-11-17(18)20(25)21-15-9-6-10-16(13-15)23(26)27/h1-13H,(H,21,25)(H,22,24). The van der Waals surface area contributed by atoms with Crippen LogP contribution in [0.4, 0.5) is 17.1 Å². The zero-order valence-corrected chi connectivity index (χ0v) is 14.1. The highest BCUT2D eigenvalue weighted by atomic mass is 16.6. The summed E-state index contributed by atoms with van der Waals surface area (Å²) >= 11 is 0. The number of carbonyl (C=O) groups excluding carboxylic acids is 2. The molecule has 0 fully saturated rings. The molecule has 0 aromatic heterocycles. The molecule has 0 aliphatic heterocycles. The fourth-order valence-electron chi connectivity index (χ4n) is 2.47. The van der Waals surface area contributed by atoms with Crippen LogP contribution in [-0.2, 0) is 0 Å². The van der Waals surface area contributed by atoms with Gasteiger partial charge in [0, 0.05) is 23.4 Å². The van der Waals surface area contributed by atoms with E-state index in [0.717, 1.165) is 0 Å².